The molecular formula is C18H16N4O2. The van der Waals surface area contributed by atoms with Crippen LogP contribution in [-0.4, -0.2) is 20.9 Å². The Balaban J connectivity index is 1.99. The first-order valence-corrected chi connectivity index (χ1v) is 7.38. The van der Waals surface area contributed by atoms with Gasteiger partial charge in [-0.15, -0.1) is 6.58 Å². The lowest BCUT2D eigenvalue weighted by atomic mass is 10.2. The highest BCUT2D eigenvalue weighted by molar-refractivity contribution is 5.84. The van der Waals surface area contributed by atoms with E-state index in [0.717, 1.165) is 0 Å². The summed E-state index contributed by atoms with van der Waals surface area (Å²) >= 11 is 0. The van der Waals surface area contributed by atoms with Crippen molar-refractivity contribution in [2.45, 2.75) is 6.54 Å². The van der Waals surface area contributed by atoms with Crippen LogP contribution in [0.2, 0.25) is 0 Å². The van der Waals surface area contributed by atoms with Crippen LogP contribution in [0.1, 0.15) is 5.56 Å². The van der Waals surface area contributed by atoms with E-state index in [1.54, 1.807) is 48.5 Å². The van der Waals surface area contributed by atoms with Gasteiger partial charge in [-0.3, -0.25) is 9.36 Å². The molecule has 0 aliphatic carbocycles. The normalized spacial score (nSPS) is 11.0. The minimum absolute atomic E-state index is 0.123. The Morgan fingerprint density at radius 2 is 1.96 bits per heavy atom. The molecule has 2 N–H and O–H groups in total. The van der Waals surface area contributed by atoms with E-state index < -0.39 is 0 Å². The molecule has 0 atom stereocenters. The number of fused-ring (bicyclic) bond motifs is 1. The van der Waals surface area contributed by atoms with Crippen molar-refractivity contribution in [3.63, 3.8) is 0 Å². The van der Waals surface area contributed by atoms with E-state index in [0.29, 0.717) is 29.0 Å². The summed E-state index contributed by atoms with van der Waals surface area (Å²) in [4.78, 5) is 17.0. The first-order valence-electron chi connectivity index (χ1n) is 7.38. The van der Waals surface area contributed by atoms with Gasteiger partial charge in [-0.1, -0.05) is 30.3 Å². The Hall–Kier alpha value is -3.41. The first kappa shape index (κ1) is 15.5. The lowest BCUT2D eigenvalue weighted by Crippen LogP contribution is -2.23. The van der Waals surface area contributed by atoms with Gasteiger partial charge in [0.05, 0.1) is 17.1 Å². The number of benzene rings is 2. The third kappa shape index (κ3) is 3.03. The second-order valence-corrected chi connectivity index (χ2v) is 5.09. The van der Waals surface area contributed by atoms with E-state index in [9.17, 15) is 9.90 Å². The summed E-state index contributed by atoms with van der Waals surface area (Å²) in [6.45, 7) is 3.98. The van der Waals surface area contributed by atoms with Crippen LogP contribution in [0.3, 0.4) is 0 Å². The standard InChI is InChI=1S/C18H16N4O2/c1-2-11-22-17(24)14-8-4-5-9-15(14)20-18(22)21-19-12-13-7-3-6-10-16(13)23/h2-10,12,23H,1,11H2,(H,20,21). The summed E-state index contributed by atoms with van der Waals surface area (Å²) in [6, 6.07) is 13.9. The van der Waals surface area contributed by atoms with Crippen LogP contribution < -0.4 is 11.0 Å². The van der Waals surface area contributed by atoms with Crippen molar-refractivity contribution in [2.75, 3.05) is 5.43 Å². The van der Waals surface area contributed by atoms with Gasteiger partial charge in [-0.05, 0) is 24.3 Å². The zero-order valence-corrected chi connectivity index (χ0v) is 12.9. The molecule has 0 saturated heterocycles. The van der Waals surface area contributed by atoms with Crippen LogP contribution in [0.15, 0.2) is 71.1 Å². The minimum atomic E-state index is -0.166. The van der Waals surface area contributed by atoms with Gasteiger partial charge >= 0.3 is 0 Å². The van der Waals surface area contributed by atoms with E-state index in [1.165, 1.54) is 10.8 Å². The highest BCUT2D eigenvalue weighted by Crippen LogP contribution is 2.14. The fraction of sp³-hybridized carbons (Fsp3) is 0.0556. The Morgan fingerprint density at radius 1 is 1.21 bits per heavy atom. The van der Waals surface area contributed by atoms with Gasteiger partial charge in [0, 0.05) is 12.1 Å². The fourth-order valence-corrected chi connectivity index (χ4v) is 2.31. The van der Waals surface area contributed by atoms with Crippen molar-refractivity contribution in [1.82, 2.24) is 9.55 Å². The summed E-state index contributed by atoms with van der Waals surface area (Å²) in [5, 5.41) is 14.3. The molecule has 3 aromatic rings. The van der Waals surface area contributed by atoms with Crippen LogP contribution in [0, 0.1) is 0 Å². The minimum Gasteiger partial charge on any atom is -0.507 e. The topological polar surface area (TPSA) is 79.5 Å². The molecule has 24 heavy (non-hydrogen) atoms. The summed E-state index contributed by atoms with van der Waals surface area (Å²) in [5.74, 6) is 0.434. The maximum atomic E-state index is 12.6. The first-order chi connectivity index (χ1) is 11.7. The van der Waals surface area contributed by atoms with Crippen LogP contribution in [0.4, 0.5) is 5.95 Å². The number of anilines is 1. The number of phenols is 1. The summed E-state index contributed by atoms with van der Waals surface area (Å²) in [7, 11) is 0. The zero-order valence-electron chi connectivity index (χ0n) is 12.9. The number of nitrogens with zero attached hydrogens (tertiary/aromatic N) is 3. The number of aromatic hydroxyl groups is 1. The molecule has 6 heteroatoms. The molecule has 0 bridgehead atoms. The van der Waals surface area contributed by atoms with Gasteiger partial charge in [-0.25, -0.2) is 10.4 Å². The van der Waals surface area contributed by atoms with E-state index >= 15 is 0 Å². The lowest BCUT2D eigenvalue weighted by molar-refractivity contribution is 0.474. The molecule has 6 nitrogen and oxygen atoms in total. The maximum Gasteiger partial charge on any atom is 0.263 e. The van der Waals surface area contributed by atoms with Gasteiger partial charge in [-0.2, -0.15) is 5.10 Å². The Morgan fingerprint density at radius 3 is 2.75 bits per heavy atom. The van der Waals surface area contributed by atoms with E-state index in [4.69, 9.17) is 0 Å². The second-order valence-electron chi connectivity index (χ2n) is 5.09. The highest BCUT2D eigenvalue weighted by Gasteiger charge is 2.09. The quantitative estimate of drug-likeness (QED) is 0.430. The van der Waals surface area contributed by atoms with Gasteiger partial charge in [0.15, 0.2) is 0 Å². The molecule has 0 radical (unpaired) electrons. The summed E-state index contributed by atoms with van der Waals surface area (Å²) in [6.07, 6.45) is 3.09. The third-order valence-electron chi connectivity index (χ3n) is 3.48. The predicted molar refractivity (Wildman–Crippen MR) is 95.5 cm³/mol. The van der Waals surface area contributed by atoms with Crippen LogP contribution in [0.5, 0.6) is 5.75 Å². The van der Waals surface area contributed by atoms with Gasteiger partial charge in [0.1, 0.15) is 5.75 Å². The number of hydrazone groups is 1. The number of phenolic OH excluding ortho intramolecular Hbond substituents is 1. The van der Waals surface area contributed by atoms with Crippen molar-refractivity contribution < 1.29 is 5.11 Å². The monoisotopic (exact) mass is 320 g/mol. The number of hydrogen-bond donors (Lipinski definition) is 2. The van der Waals surface area contributed by atoms with E-state index in [-0.39, 0.29) is 11.3 Å². The molecule has 2 aromatic carbocycles. The lowest BCUT2D eigenvalue weighted by Gasteiger charge is -2.10. The van der Waals surface area contributed by atoms with Gasteiger partial charge < -0.3 is 5.11 Å². The molecule has 0 unspecified atom stereocenters. The number of hydrogen-bond acceptors (Lipinski definition) is 5. The van der Waals surface area contributed by atoms with Gasteiger partial charge in [0.25, 0.3) is 5.56 Å². The Kier molecular flexibility index (Phi) is 4.38. The predicted octanol–water partition coefficient (Wildman–Crippen LogP) is 2.73. The average Bonchev–Trinajstić information content (AvgIpc) is 2.60. The number of aromatic nitrogens is 2. The molecule has 0 aliphatic rings. The van der Waals surface area contributed by atoms with Crippen LogP contribution >= 0.6 is 0 Å². The van der Waals surface area contributed by atoms with Crippen molar-refractivity contribution in [2.24, 2.45) is 5.10 Å². The van der Waals surface area contributed by atoms with Crippen molar-refractivity contribution in [3.8, 4) is 5.75 Å². The fourth-order valence-electron chi connectivity index (χ4n) is 2.31. The van der Waals surface area contributed by atoms with Crippen molar-refractivity contribution in [1.29, 1.82) is 0 Å². The number of para-hydroxylation sites is 2. The van der Waals surface area contributed by atoms with E-state index in [1.807, 2.05) is 6.07 Å². The molecular weight excluding hydrogens is 304 g/mol. The number of nitrogens with one attached hydrogen (secondary N) is 1. The maximum absolute atomic E-state index is 12.6. The second kappa shape index (κ2) is 6.78. The number of allylic oxidation sites excluding steroid dienone is 1. The Labute approximate surface area is 138 Å². The molecule has 1 aromatic heterocycles. The molecule has 3 rings (SSSR count). The zero-order chi connectivity index (χ0) is 16.9. The SMILES string of the molecule is C=CCn1c(NN=Cc2ccccc2O)nc2ccccc2c1=O. The highest BCUT2D eigenvalue weighted by atomic mass is 16.3. The van der Waals surface area contributed by atoms with Gasteiger partial charge in [0.2, 0.25) is 5.95 Å². The smallest absolute Gasteiger partial charge is 0.263 e. The molecule has 0 fully saturated rings. The largest absolute Gasteiger partial charge is 0.507 e. The molecule has 120 valence electrons. The molecule has 0 amide bonds. The van der Waals surface area contributed by atoms with Crippen LogP contribution in [-0.2, 0) is 6.54 Å². The molecule has 0 aliphatic heterocycles. The average molecular weight is 320 g/mol. The van der Waals surface area contributed by atoms with Crippen molar-refractivity contribution in [3.05, 3.63) is 77.1 Å². The Bertz CT molecular complexity index is 976. The molecule has 1 heterocycles. The summed E-state index contributed by atoms with van der Waals surface area (Å²) in [5.41, 5.74) is 3.75. The third-order valence-corrected chi connectivity index (χ3v) is 3.48. The number of rotatable bonds is 5. The van der Waals surface area contributed by atoms with Crippen LogP contribution in [0.25, 0.3) is 10.9 Å². The van der Waals surface area contributed by atoms with Crippen molar-refractivity contribution >= 4 is 23.1 Å². The summed E-state index contributed by atoms with van der Waals surface area (Å²) < 4.78 is 1.46. The molecule has 0 spiro atoms. The molecule has 0 saturated carbocycles. The van der Waals surface area contributed by atoms with E-state index in [2.05, 4.69) is 22.1 Å².